The smallest absolute Gasteiger partial charge is 0.204 e. The largest absolute Gasteiger partial charge is 0.508 e. The van der Waals surface area contributed by atoms with Gasteiger partial charge in [-0.15, -0.1) is 0 Å². The van der Waals surface area contributed by atoms with E-state index in [0.717, 1.165) is 0 Å². The van der Waals surface area contributed by atoms with Crippen LogP contribution in [-0.2, 0) is 0 Å². The van der Waals surface area contributed by atoms with Crippen molar-refractivity contribution in [2.24, 2.45) is 0 Å². The second-order valence-electron chi connectivity index (χ2n) is 5.31. The van der Waals surface area contributed by atoms with E-state index in [-0.39, 0.29) is 57.8 Å². The first-order chi connectivity index (χ1) is 11.5. The number of fused-ring (bicyclic) bond motifs is 1. The van der Waals surface area contributed by atoms with Crippen LogP contribution in [0, 0.1) is 0 Å². The molecule has 0 fully saturated rings. The number of carbonyl (C=O) groups is 1. The minimum atomic E-state index is -0.836. The summed E-state index contributed by atoms with van der Waals surface area (Å²) in [6.07, 6.45) is -0.940. The molecule has 3 rings (SSSR count). The van der Waals surface area contributed by atoms with Crippen LogP contribution in [0.1, 0.15) is 28.4 Å². The van der Waals surface area contributed by atoms with Gasteiger partial charge in [0.1, 0.15) is 28.9 Å². The molecule has 24 heavy (non-hydrogen) atoms. The number of hydrogen-bond acceptors (Lipinski definition) is 7. The lowest BCUT2D eigenvalue weighted by Crippen LogP contribution is -2.21. The molecule has 0 spiro atoms. The number of benzene rings is 2. The number of rotatable bonds is 3. The summed E-state index contributed by atoms with van der Waals surface area (Å²) in [4.78, 5) is 12.5. The summed E-state index contributed by atoms with van der Waals surface area (Å²) in [6, 6.07) is 5.25. The van der Waals surface area contributed by atoms with Gasteiger partial charge in [-0.25, -0.2) is 0 Å². The molecule has 0 saturated heterocycles. The lowest BCUT2D eigenvalue weighted by Gasteiger charge is -2.28. The third-order valence-electron chi connectivity index (χ3n) is 3.87. The summed E-state index contributed by atoms with van der Waals surface area (Å²) in [5, 5.41) is 29.7. The molecule has 2 aromatic rings. The van der Waals surface area contributed by atoms with E-state index in [4.69, 9.17) is 14.2 Å². The van der Waals surface area contributed by atoms with Crippen molar-refractivity contribution in [3.8, 4) is 34.5 Å². The maximum absolute atomic E-state index is 12.5. The van der Waals surface area contributed by atoms with E-state index in [1.165, 1.54) is 38.5 Å². The molecule has 7 nitrogen and oxygen atoms in total. The van der Waals surface area contributed by atoms with Crippen molar-refractivity contribution in [2.45, 2.75) is 12.5 Å². The van der Waals surface area contributed by atoms with Crippen molar-refractivity contribution in [1.82, 2.24) is 0 Å². The Hall–Kier alpha value is -3.09. The number of phenolic OH excluding ortho intramolecular Hbond substituents is 3. The quantitative estimate of drug-likeness (QED) is 0.742. The lowest BCUT2D eigenvalue weighted by atomic mass is 9.94. The maximum atomic E-state index is 12.5. The summed E-state index contributed by atoms with van der Waals surface area (Å²) >= 11 is 0. The monoisotopic (exact) mass is 332 g/mol. The van der Waals surface area contributed by atoms with Crippen LogP contribution in [0.2, 0.25) is 0 Å². The summed E-state index contributed by atoms with van der Waals surface area (Å²) in [7, 11) is 2.78. The first-order valence-corrected chi connectivity index (χ1v) is 7.16. The summed E-state index contributed by atoms with van der Waals surface area (Å²) < 4.78 is 16.2. The van der Waals surface area contributed by atoms with E-state index in [9.17, 15) is 20.1 Å². The van der Waals surface area contributed by atoms with Gasteiger partial charge in [-0.3, -0.25) is 4.79 Å². The predicted molar refractivity (Wildman–Crippen MR) is 83.3 cm³/mol. The van der Waals surface area contributed by atoms with Crippen molar-refractivity contribution in [1.29, 1.82) is 0 Å². The lowest BCUT2D eigenvalue weighted by molar-refractivity contribution is 0.0832. The molecule has 1 aliphatic heterocycles. The number of carbonyl (C=O) groups excluding carboxylic acids is 1. The van der Waals surface area contributed by atoms with Gasteiger partial charge in [0.2, 0.25) is 5.75 Å². The fourth-order valence-corrected chi connectivity index (χ4v) is 2.76. The van der Waals surface area contributed by atoms with Crippen molar-refractivity contribution >= 4 is 5.78 Å². The fourth-order valence-electron chi connectivity index (χ4n) is 2.76. The number of ether oxygens (including phenoxy) is 3. The average Bonchev–Trinajstić information content (AvgIpc) is 2.56. The van der Waals surface area contributed by atoms with Gasteiger partial charge in [-0.1, -0.05) is 0 Å². The second-order valence-corrected chi connectivity index (χ2v) is 5.31. The Morgan fingerprint density at radius 3 is 2.50 bits per heavy atom. The highest BCUT2D eigenvalue weighted by Gasteiger charge is 2.35. The molecule has 1 heterocycles. The van der Waals surface area contributed by atoms with Crippen LogP contribution >= 0.6 is 0 Å². The Balaban J connectivity index is 2.14. The molecule has 1 unspecified atom stereocenters. The molecule has 0 amide bonds. The minimum Gasteiger partial charge on any atom is -0.508 e. The highest BCUT2D eigenvalue weighted by atomic mass is 16.5. The van der Waals surface area contributed by atoms with Gasteiger partial charge >= 0.3 is 0 Å². The Kier molecular flexibility index (Phi) is 3.84. The highest BCUT2D eigenvalue weighted by molar-refractivity contribution is 6.04. The Labute approximate surface area is 137 Å². The van der Waals surface area contributed by atoms with Crippen molar-refractivity contribution < 1.29 is 34.3 Å². The minimum absolute atomic E-state index is 0.00328. The Morgan fingerprint density at radius 1 is 1.08 bits per heavy atom. The van der Waals surface area contributed by atoms with E-state index in [1.807, 2.05) is 0 Å². The van der Waals surface area contributed by atoms with Crippen LogP contribution in [-0.4, -0.2) is 35.3 Å². The number of aromatic hydroxyl groups is 3. The third kappa shape index (κ3) is 2.44. The molecule has 1 aliphatic rings. The van der Waals surface area contributed by atoms with Crippen molar-refractivity contribution in [3.05, 3.63) is 35.4 Å². The van der Waals surface area contributed by atoms with Crippen LogP contribution in [0.5, 0.6) is 34.5 Å². The molecule has 3 N–H and O–H groups in total. The zero-order chi connectivity index (χ0) is 17.4. The SMILES string of the molecule is COc1cc(O)c2c(c1OC)OC(c1cc(O)ccc1O)CC2=O. The number of phenols is 3. The molecule has 0 aromatic heterocycles. The summed E-state index contributed by atoms with van der Waals surface area (Å²) in [6.45, 7) is 0. The van der Waals surface area contributed by atoms with Crippen LogP contribution in [0.4, 0.5) is 0 Å². The van der Waals surface area contributed by atoms with Gasteiger partial charge in [0.25, 0.3) is 0 Å². The van der Waals surface area contributed by atoms with Gasteiger partial charge in [0.15, 0.2) is 17.3 Å². The first-order valence-electron chi connectivity index (χ1n) is 7.16. The van der Waals surface area contributed by atoms with Crippen molar-refractivity contribution in [3.63, 3.8) is 0 Å². The van der Waals surface area contributed by atoms with Gasteiger partial charge in [0.05, 0.1) is 20.6 Å². The Bertz CT molecular complexity index is 813. The molecule has 0 bridgehead atoms. The highest BCUT2D eigenvalue weighted by Crippen LogP contribution is 2.50. The van der Waals surface area contributed by atoms with Gasteiger partial charge in [-0.05, 0) is 18.2 Å². The number of ketones is 1. The maximum Gasteiger partial charge on any atom is 0.204 e. The standard InChI is InChI=1S/C17H16O7/c1-22-14-7-12(21)15-11(20)6-13(24-17(15)16(14)23-2)9-5-8(18)3-4-10(9)19/h3-5,7,13,18-19,21H,6H2,1-2H3. The molecule has 7 heteroatoms. The fraction of sp³-hybridized carbons (Fsp3) is 0.235. The average molecular weight is 332 g/mol. The van der Waals surface area contributed by atoms with E-state index < -0.39 is 6.10 Å². The summed E-state index contributed by atoms with van der Waals surface area (Å²) in [5.41, 5.74) is 0.266. The molecule has 0 saturated carbocycles. The zero-order valence-corrected chi connectivity index (χ0v) is 13.1. The number of methoxy groups -OCH3 is 2. The first kappa shape index (κ1) is 15.8. The molecule has 0 aliphatic carbocycles. The van der Waals surface area contributed by atoms with E-state index in [0.29, 0.717) is 0 Å². The van der Waals surface area contributed by atoms with Crippen LogP contribution in [0.3, 0.4) is 0 Å². The van der Waals surface area contributed by atoms with Gasteiger partial charge < -0.3 is 29.5 Å². The predicted octanol–water partition coefficient (Wildman–Crippen LogP) is 2.53. The van der Waals surface area contributed by atoms with Crippen molar-refractivity contribution in [2.75, 3.05) is 14.2 Å². The zero-order valence-electron chi connectivity index (χ0n) is 13.1. The molecule has 2 aromatic carbocycles. The normalized spacial score (nSPS) is 16.2. The van der Waals surface area contributed by atoms with E-state index >= 15 is 0 Å². The summed E-state index contributed by atoms with van der Waals surface area (Å²) in [5.74, 6) is -0.400. The Morgan fingerprint density at radius 2 is 1.83 bits per heavy atom. The third-order valence-corrected chi connectivity index (χ3v) is 3.87. The topological polar surface area (TPSA) is 105 Å². The number of hydrogen-bond donors (Lipinski definition) is 3. The van der Waals surface area contributed by atoms with Crippen LogP contribution in [0.15, 0.2) is 24.3 Å². The molecular formula is C17H16O7. The number of Topliss-reactive ketones (excluding diaryl/α,β-unsaturated/α-hetero) is 1. The molecule has 0 radical (unpaired) electrons. The van der Waals surface area contributed by atoms with Crippen LogP contribution in [0.25, 0.3) is 0 Å². The van der Waals surface area contributed by atoms with Gasteiger partial charge in [-0.2, -0.15) is 0 Å². The van der Waals surface area contributed by atoms with Crippen LogP contribution < -0.4 is 14.2 Å². The molecule has 1 atom stereocenters. The molecular weight excluding hydrogens is 316 g/mol. The van der Waals surface area contributed by atoms with E-state index in [1.54, 1.807) is 0 Å². The van der Waals surface area contributed by atoms with E-state index in [2.05, 4.69) is 0 Å². The van der Waals surface area contributed by atoms with Gasteiger partial charge in [0, 0.05) is 11.6 Å². The molecule has 126 valence electrons. The second kappa shape index (κ2) is 5.84.